The smallest absolute Gasteiger partial charge is 0.0725 e. The Hall–Kier alpha value is -1.96. The predicted molar refractivity (Wildman–Crippen MR) is 103 cm³/mol. The largest absolute Gasteiger partial charge is 0.371 e. The van der Waals surface area contributed by atoms with Gasteiger partial charge >= 0.3 is 0 Å². The number of piperazine rings is 1. The molecule has 3 rings (SSSR count). The second-order valence-electron chi connectivity index (χ2n) is 7.58. The molecule has 3 aliphatic rings. The van der Waals surface area contributed by atoms with Crippen LogP contribution in [0, 0.1) is 5.92 Å². The molecule has 0 bridgehead atoms. The standard InChI is InChI=1S/C22H30N2/c1-8-16(5)19-13-24-21(18(9-2)17(19)6)20(10-3)23(7)14-22(24)11-15(4)12-22/h9-10,13,15H,2,5-6,8,11-12,14H2,1,3-4,7H3/b20-10+. The van der Waals surface area contributed by atoms with Gasteiger partial charge in [-0.25, -0.2) is 0 Å². The van der Waals surface area contributed by atoms with Crippen molar-refractivity contribution in [2.75, 3.05) is 13.6 Å². The van der Waals surface area contributed by atoms with E-state index in [1.165, 1.54) is 29.8 Å². The molecule has 2 heterocycles. The second kappa shape index (κ2) is 5.84. The fourth-order valence-electron chi connectivity index (χ4n) is 4.74. The van der Waals surface area contributed by atoms with Crippen LogP contribution < -0.4 is 0 Å². The van der Waals surface area contributed by atoms with Crippen LogP contribution in [0.4, 0.5) is 0 Å². The van der Waals surface area contributed by atoms with Gasteiger partial charge in [0, 0.05) is 30.9 Å². The van der Waals surface area contributed by atoms with Crippen molar-refractivity contribution in [3.63, 3.8) is 0 Å². The first-order chi connectivity index (χ1) is 11.4. The zero-order valence-electron chi connectivity index (χ0n) is 15.7. The van der Waals surface area contributed by atoms with Crippen molar-refractivity contribution in [3.05, 3.63) is 71.8 Å². The van der Waals surface area contributed by atoms with Gasteiger partial charge in [-0.15, -0.1) is 0 Å². The molecular formula is C22H30N2. The van der Waals surface area contributed by atoms with Crippen molar-refractivity contribution in [2.24, 2.45) is 5.92 Å². The summed E-state index contributed by atoms with van der Waals surface area (Å²) in [6.45, 7) is 20.5. The van der Waals surface area contributed by atoms with Gasteiger partial charge in [-0.3, -0.25) is 0 Å². The maximum atomic E-state index is 4.38. The van der Waals surface area contributed by atoms with E-state index in [2.05, 4.69) is 69.6 Å². The SMILES string of the molecule is C=CC1=C2/C(=C\C)N(C)CC3(CC(C)C3)N2C=C(C(=C)CC)C1=C. The van der Waals surface area contributed by atoms with Crippen LogP contribution in [0.15, 0.2) is 71.8 Å². The number of fused-ring (bicyclic) bond motifs is 2. The third-order valence-corrected chi connectivity index (χ3v) is 5.84. The lowest BCUT2D eigenvalue weighted by Gasteiger charge is -2.61. The van der Waals surface area contributed by atoms with Gasteiger partial charge in [0.2, 0.25) is 0 Å². The summed E-state index contributed by atoms with van der Waals surface area (Å²) < 4.78 is 0. The number of hydrogen-bond acceptors (Lipinski definition) is 2. The van der Waals surface area contributed by atoms with Crippen LogP contribution in [-0.4, -0.2) is 28.9 Å². The lowest BCUT2D eigenvalue weighted by atomic mass is 9.65. The van der Waals surface area contributed by atoms with E-state index in [9.17, 15) is 0 Å². The summed E-state index contributed by atoms with van der Waals surface area (Å²) in [5.41, 5.74) is 7.29. The first-order valence-electron chi connectivity index (χ1n) is 9.02. The van der Waals surface area contributed by atoms with Crippen LogP contribution in [0.1, 0.15) is 40.0 Å². The van der Waals surface area contributed by atoms with E-state index < -0.39 is 0 Å². The number of allylic oxidation sites excluding steroid dienone is 6. The highest BCUT2D eigenvalue weighted by molar-refractivity contribution is 5.64. The van der Waals surface area contributed by atoms with Gasteiger partial charge < -0.3 is 9.80 Å². The summed E-state index contributed by atoms with van der Waals surface area (Å²) in [7, 11) is 2.21. The Morgan fingerprint density at radius 3 is 2.58 bits per heavy atom. The Balaban J connectivity index is 2.20. The first kappa shape index (κ1) is 16.9. The molecule has 2 fully saturated rings. The lowest BCUT2D eigenvalue weighted by molar-refractivity contribution is -0.00620. The van der Waals surface area contributed by atoms with Gasteiger partial charge in [0.25, 0.3) is 0 Å². The molecule has 0 aromatic carbocycles. The van der Waals surface area contributed by atoms with Gasteiger partial charge in [0.05, 0.1) is 16.9 Å². The van der Waals surface area contributed by atoms with Crippen molar-refractivity contribution in [2.45, 2.75) is 45.6 Å². The third kappa shape index (κ3) is 2.23. The van der Waals surface area contributed by atoms with Gasteiger partial charge in [0.1, 0.15) is 0 Å². The average molecular weight is 322 g/mol. The topological polar surface area (TPSA) is 6.48 Å². The predicted octanol–water partition coefficient (Wildman–Crippen LogP) is 5.17. The van der Waals surface area contributed by atoms with E-state index in [1.807, 2.05) is 6.08 Å². The van der Waals surface area contributed by atoms with E-state index >= 15 is 0 Å². The minimum atomic E-state index is 0.199. The molecule has 2 heteroatoms. The summed E-state index contributed by atoms with van der Waals surface area (Å²) in [5.74, 6) is 0.787. The lowest BCUT2D eigenvalue weighted by Crippen LogP contribution is -2.64. The summed E-state index contributed by atoms with van der Waals surface area (Å²) in [6.07, 6.45) is 9.91. The van der Waals surface area contributed by atoms with Crippen LogP contribution in [0.2, 0.25) is 0 Å². The third-order valence-electron chi connectivity index (χ3n) is 5.84. The molecule has 0 amide bonds. The van der Waals surface area contributed by atoms with Crippen LogP contribution in [-0.2, 0) is 0 Å². The summed E-state index contributed by atoms with van der Waals surface area (Å²) in [5, 5.41) is 0. The van der Waals surface area contributed by atoms with Gasteiger partial charge in [-0.05, 0) is 43.3 Å². The van der Waals surface area contributed by atoms with Crippen molar-refractivity contribution < 1.29 is 0 Å². The van der Waals surface area contributed by atoms with Crippen molar-refractivity contribution >= 4 is 0 Å². The number of rotatable bonds is 3. The zero-order valence-corrected chi connectivity index (χ0v) is 15.7. The van der Waals surface area contributed by atoms with E-state index in [0.29, 0.717) is 0 Å². The summed E-state index contributed by atoms with van der Waals surface area (Å²) >= 11 is 0. The minimum absolute atomic E-state index is 0.199. The Morgan fingerprint density at radius 2 is 2.08 bits per heavy atom. The summed E-state index contributed by atoms with van der Waals surface area (Å²) in [6, 6.07) is 0. The molecule has 2 aliphatic heterocycles. The van der Waals surface area contributed by atoms with Gasteiger partial charge in [-0.2, -0.15) is 0 Å². The molecule has 0 radical (unpaired) electrons. The molecule has 24 heavy (non-hydrogen) atoms. The minimum Gasteiger partial charge on any atom is -0.371 e. The van der Waals surface area contributed by atoms with Crippen molar-refractivity contribution in [1.29, 1.82) is 0 Å². The van der Waals surface area contributed by atoms with Crippen LogP contribution in [0.3, 0.4) is 0 Å². The highest BCUT2D eigenvalue weighted by atomic mass is 15.3. The fraction of sp³-hybridized carbons (Fsp3) is 0.455. The Bertz CT molecular complexity index is 695. The molecule has 1 aliphatic carbocycles. The molecule has 1 spiro atoms. The Morgan fingerprint density at radius 1 is 1.42 bits per heavy atom. The Kier molecular flexibility index (Phi) is 4.11. The number of likely N-dealkylation sites (N-methyl/N-ethyl adjacent to an activating group) is 1. The molecule has 0 unspecified atom stereocenters. The molecule has 0 N–H and O–H groups in total. The molecule has 2 nitrogen and oxygen atoms in total. The van der Waals surface area contributed by atoms with E-state index in [4.69, 9.17) is 0 Å². The molecule has 1 saturated carbocycles. The Labute approximate surface area is 147 Å². The maximum Gasteiger partial charge on any atom is 0.0725 e. The number of nitrogens with zero attached hydrogens (tertiary/aromatic N) is 2. The van der Waals surface area contributed by atoms with Crippen LogP contribution >= 0.6 is 0 Å². The van der Waals surface area contributed by atoms with Crippen molar-refractivity contribution in [1.82, 2.24) is 9.80 Å². The van der Waals surface area contributed by atoms with Gasteiger partial charge in [0.15, 0.2) is 0 Å². The number of hydrogen-bond donors (Lipinski definition) is 0. The molecule has 1 saturated heterocycles. The molecule has 0 atom stereocenters. The van der Waals surface area contributed by atoms with E-state index in [-0.39, 0.29) is 5.54 Å². The van der Waals surface area contributed by atoms with Crippen molar-refractivity contribution in [3.8, 4) is 0 Å². The van der Waals surface area contributed by atoms with E-state index in [0.717, 1.165) is 35.6 Å². The molecule has 0 aromatic rings. The molecular weight excluding hydrogens is 292 g/mol. The zero-order chi connectivity index (χ0) is 17.6. The van der Waals surface area contributed by atoms with Gasteiger partial charge in [-0.1, -0.05) is 45.7 Å². The first-order valence-corrected chi connectivity index (χ1v) is 9.02. The molecule has 128 valence electrons. The highest BCUT2D eigenvalue weighted by Gasteiger charge is 2.52. The molecule has 0 aromatic heterocycles. The van der Waals surface area contributed by atoms with Crippen LogP contribution in [0.5, 0.6) is 0 Å². The monoisotopic (exact) mass is 322 g/mol. The van der Waals surface area contributed by atoms with E-state index in [1.54, 1.807) is 0 Å². The van der Waals surface area contributed by atoms with Crippen LogP contribution in [0.25, 0.3) is 0 Å². The summed E-state index contributed by atoms with van der Waals surface area (Å²) in [4.78, 5) is 4.94. The average Bonchev–Trinajstić information content (AvgIpc) is 2.52. The maximum absolute atomic E-state index is 4.38. The quantitative estimate of drug-likeness (QED) is 0.707. The fourth-order valence-corrected chi connectivity index (χ4v) is 4.74. The highest BCUT2D eigenvalue weighted by Crippen LogP contribution is 2.52. The normalized spacial score (nSPS) is 31.2. The second-order valence-corrected chi connectivity index (χ2v) is 7.58.